The highest BCUT2D eigenvalue weighted by Gasteiger charge is 2.53. The fraction of sp³-hybridized carbons (Fsp3) is 0.594. The summed E-state index contributed by atoms with van der Waals surface area (Å²) in [4.78, 5) is 10.4. The molecule has 1 N–H and O–H groups in total. The van der Waals surface area contributed by atoms with Gasteiger partial charge in [0.25, 0.3) is 0 Å². The molecule has 2 aliphatic rings. The molecule has 0 radical (unpaired) electrons. The van der Waals surface area contributed by atoms with Crippen molar-refractivity contribution < 1.29 is 32.5 Å². The van der Waals surface area contributed by atoms with Crippen LogP contribution in [0.25, 0.3) is 0 Å². The van der Waals surface area contributed by atoms with E-state index in [1.807, 2.05) is 0 Å². The van der Waals surface area contributed by atoms with Crippen LogP contribution in [-0.4, -0.2) is 31.5 Å². The molecule has 0 saturated heterocycles. The van der Waals surface area contributed by atoms with E-state index in [0.29, 0.717) is 10.8 Å². The summed E-state index contributed by atoms with van der Waals surface area (Å²) in [5.41, 5.74) is 3.54. The lowest BCUT2D eigenvalue weighted by Gasteiger charge is -2.58. The van der Waals surface area contributed by atoms with E-state index in [4.69, 9.17) is 14.6 Å². The highest BCUT2D eigenvalue weighted by atomic mass is 19.4. The second-order valence-electron chi connectivity index (χ2n) is 12.6. The van der Waals surface area contributed by atoms with Crippen molar-refractivity contribution in [3.05, 3.63) is 59.2 Å². The van der Waals surface area contributed by atoms with Gasteiger partial charge in [-0.2, -0.15) is 13.2 Å². The lowest BCUT2D eigenvalue weighted by Crippen LogP contribution is -2.49. The summed E-state index contributed by atoms with van der Waals surface area (Å²) in [7, 11) is 3.52. The number of carboxylic acids is 1. The highest BCUT2D eigenvalue weighted by molar-refractivity contribution is 5.77. The quantitative estimate of drug-likeness (QED) is 0.406. The standard InChI is InChI=1S/C23H36O2.C9H7F3O2/c1-16-13-17(24-6)14-18(25-7)20(16)23(5)12-9-19-21(2,3)10-8-11-22(19,4)15-23;10-9(11,12)7(8(13)14)6-4-2-1-3-5-6/h13-14,19H,8-12,15H2,1-7H3;1-5,7H,(H,13,14)/t19-,22+,23+;7-/m10/s1. The number of alkyl halides is 3. The summed E-state index contributed by atoms with van der Waals surface area (Å²) in [5, 5.41) is 8.44. The van der Waals surface area contributed by atoms with Crippen molar-refractivity contribution in [2.75, 3.05) is 14.2 Å². The Labute approximate surface area is 230 Å². The summed E-state index contributed by atoms with van der Waals surface area (Å²) in [6.45, 7) is 12.2. The molecular formula is C32H43F3O4. The van der Waals surface area contributed by atoms with Crippen LogP contribution in [0.15, 0.2) is 42.5 Å². The van der Waals surface area contributed by atoms with Gasteiger partial charge in [0, 0.05) is 11.6 Å². The Kier molecular flexibility index (Phi) is 9.03. The van der Waals surface area contributed by atoms with Crippen LogP contribution >= 0.6 is 0 Å². The average molecular weight is 549 g/mol. The number of hydrogen-bond acceptors (Lipinski definition) is 3. The molecule has 39 heavy (non-hydrogen) atoms. The molecular weight excluding hydrogens is 505 g/mol. The summed E-state index contributed by atoms with van der Waals surface area (Å²) >= 11 is 0. The minimum absolute atomic E-state index is 0.181. The fourth-order valence-corrected chi connectivity index (χ4v) is 7.74. The predicted octanol–water partition coefficient (Wildman–Crippen LogP) is 8.70. The number of halogens is 3. The van der Waals surface area contributed by atoms with Crippen molar-refractivity contribution in [2.45, 2.75) is 90.7 Å². The van der Waals surface area contributed by atoms with E-state index < -0.39 is 18.1 Å². The maximum Gasteiger partial charge on any atom is 0.406 e. The second kappa shape index (κ2) is 11.4. The Morgan fingerprint density at radius 1 is 1.00 bits per heavy atom. The Morgan fingerprint density at radius 2 is 1.64 bits per heavy atom. The van der Waals surface area contributed by atoms with Gasteiger partial charge in [-0.25, -0.2) is 0 Å². The second-order valence-corrected chi connectivity index (χ2v) is 12.6. The molecule has 0 aromatic heterocycles. The normalized spacial score (nSPS) is 26.9. The summed E-state index contributed by atoms with van der Waals surface area (Å²) in [6, 6.07) is 10.8. The number of benzene rings is 2. The number of ether oxygens (including phenoxy) is 2. The van der Waals surface area contributed by atoms with Gasteiger partial charge in [0.2, 0.25) is 0 Å². The first-order valence-electron chi connectivity index (χ1n) is 13.7. The molecule has 7 heteroatoms. The van der Waals surface area contributed by atoms with Gasteiger partial charge < -0.3 is 14.6 Å². The van der Waals surface area contributed by atoms with Crippen LogP contribution in [0.2, 0.25) is 0 Å². The highest BCUT2D eigenvalue weighted by Crippen LogP contribution is 2.62. The van der Waals surface area contributed by atoms with Gasteiger partial charge in [-0.15, -0.1) is 0 Å². The van der Waals surface area contributed by atoms with E-state index in [9.17, 15) is 18.0 Å². The van der Waals surface area contributed by atoms with Crippen molar-refractivity contribution in [1.82, 2.24) is 0 Å². The largest absolute Gasteiger partial charge is 0.497 e. The van der Waals surface area contributed by atoms with Crippen LogP contribution in [0.3, 0.4) is 0 Å². The van der Waals surface area contributed by atoms with Crippen LogP contribution in [-0.2, 0) is 10.2 Å². The maximum absolute atomic E-state index is 12.3. The van der Waals surface area contributed by atoms with Crippen LogP contribution in [0.5, 0.6) is 11.5 Å². The van der Waals surface area contributed by atoms with Crippen molar-refractivity contribution in [3.8, 4) is 11.5 Å². The van der Waals surface area contributed by atoms with Gasteiger partial charge in [0.1, 0.15) is 11.5 Å². The van der Waals surface area contributed by atoms with Crippen LogP contribution in [0, 0.1) is 23.7 Å². The van der Waals surface area contributed by atoms with Gasteiger partial charge in [-0.1, -0.05) is 64.4 Å². The van der Waals surface area contributed by atoms with Crippen LogP contribution in [0.4, 0.5) is 13.2 Å². The Bertz CT molecular complexity index is 1140. The third-order valence-corrected chi connectivity index (χ3v) is 9.17. The molecule has 0 unspecified atom stereocenters. The smallest absolute Gasteiger partial charge is 0.406 e. The average Bonchev–Trinajstić information content (AvgIpc) is 2.82. The molecule has 0 amide bonds. The molecule has 0 heterocycles. The van der Waals surface area contributed by atoms with E-state index in [-0.39, 0.29) is 11.0 Å². The van der Waals surface area contributed by atoms with Crippen molar-refractivity contribution in [1.29, 1.82) is 0 Å². The van der Waals surface area contributed by atoms with Crippen molar-refractivity contribution >= 4 is 5.97 Å². The topological polar surface area (TPSA) is 55.8 Å². The van der Waals surface area contributed by atoms with E-state index in [1.165, 1.54) is 67.9 Å². The van der Waals surface area contributed by atoms with E-state index in [0.717, 1.165) is 29.5 Å². The van der Waals surface area contributed by atoms with Crippen LogP contribution in [0.1, 0.15) is 88.8 Å². The Morgan fingerprint density at radius 3 is 2.18 bits per heavy atom. The number of fused-ring (bicyclic) bond motifs is 1. The first-order chi connectivity index (χ1) is 18.1. The number of carbonyl (C=O) groups is 1. The van der Waals surface area contributed by atoms with Crippen molar-refractivity contribution in [3.63, 3.8) is 0 Å². The predicted molar refractivity (Wildman–Crippen MR) is 148 cm³/mol. The van der Waals surface area contributed by atoms with Crippen LogP contribution < -0.4 is 9.47 Å². The molecule has 0 aliphatic heterocycles. The zero-order valence-corrected chi connectivity index (χ0v) is 24.2. The molecule has 4 atom stereocenters. The third-order valence-electron chi connectivity index (χ3n) is 9.17. The molecule has 2 aromatic rings. The number of carboxylic acid groups (broad SMARTS) is 1. The number of aliphatic carboxylic acids is 1. The van der Waals surface area contributed by atoms with Gasteiger partial charge in [0.15, 0.2) is 5.92 Å². The van der Waals surface area contributed by atoms with Gasteiger partial charge in [-0.3, -0.25) is 4.79 Å². The molecule has 4 nitrogen and oxygen atoms in total. The number of hydrogen-bond donors (Lipinski definition) is 1. The van der Waals surface area contributed by atoms with E-state index >= 15 is 0 Å². The summed E-state index contributed by atoms with van der Waals surface area (Å²) < 4.78 is 48.1. The first kappa shape index (κ1) is 30.8. The minimum Gasteiger partial charge on any atom is -0.497 e. The zero-order chi connectivity index (χ0) is 29.2. The lowest BCUT2D eigenvalue weighted by atomic mass is 9.47. The number of methoxy groups -OCH3 is 2. The summed E-state index contributed by atoms with van der Waals surface area (Å²) in [6.07, 6.45) is 3.21. The van der Waals surface area contributed by atoms with Gasteiger partial charge in [-0.05, 0) is 78.4 Å². The molecule has 4 rings (SSSR count). The molecule has 2 aliphatic carbocycles. The molecule has 2 fully saturated rings. The molecule has 216 valence electrons. The SMILES string of the molecule is COc1cc(C)c([C@@]2(C)CC[C@@H]3C(C)(C)CCC[C@@]3(C)C2)c(OC)c1.O=C(O)[C@H](c1ccccc1)C(F)(F)F. The summed E-state index contributed by atoms with van der Waals surface area (Å²) in [5.74, 6) is -1.60. The number of aryl methyl sites for hydroxylation is 1. The van der Waals surface area contributed by atoms with E-state index in [2.05, 4.69) is 46.8 Å². The molecule has 0 bridgehead atoms. The number of rotatable bonds is 5. The van der Waals surface area contributed by atoms with E-state index in [1.54, 1.807) is 14.2 Å². The third kappa shape index (κ3) is 6.55. The lowest BCUT2D eigenvalue weighted by molar-refractivity contribution is -0.176. The van der Waals surface area contributed by atoms with Gasteiger partial charge >= 0.3 is 12.1 Å². The molecule has 0 spiro atoms. The maximum atomic E-state index is 12.3. The minimum atomic E-state index is -4.76. The Balaban J connectivity index is 0.000000255. The zero-order valence-electron chi connectivity index (χ0n) is 24.2. The molecule has 2 saturated carbocycles. The fourth-order valence-electron chi connectivity index (χ4n) is 7.74. The molecule has 2 aromatic carbocycles. The first-order valence-corrected chi connectivity index (χ1v) is 13.7. The Hall–Kier alpha value is -2.70. The van der Waals surface area contributed by atoms with Crippen molar-refractivity contribution in [2.24, 2.45) is 16.7 Å². The van der Waals surface area contributed by atoms with Gasteiger partial charge in [0.05, 0.1) is 14.2 Å². The monoisotopic (exact) mass is 548 g/mol.